The van der Waals surface area contributed by atoms with Crippen molar-refractivity contribution in [2.75, 3.05) is 20.2 Å². The number of aromatic carboxylic acids is 1. The van der Waals surface area contributed by atoms with E-state index < -0.39 is 5.97 Å². The quantitative estimate of drug-likeness (QED) is 0.771. The number of amides is 1. The molecule has 0 bridgehead atoms. The number of nitrogens with zero attached hydrogens (tertiary/aromatic N) is 3. The number of rotatable bonds is 7. The maximum absolute atomic E-state index is 12.1. The molecule has 2 aromatic rings. The van der Waals surface area contributed by atoms with Gasteiger partial charge in [-0.25, -0.2) is 14.8 Å². The third-order valence-corrected chi connectivity index (χ3v) is 3.41. The normalized spacial score (nSPS) is 10.2. The molecule has 0 saturated heterocycles. The molecule has 0 fully saturated rings. The summed E-state index contributed by atoms with van der Waals surface area (Å²) in [7, 11) is 1.64. The molecule has 8 heteroatoms. The van der Waals surface area contributed by atoms with Gasteiger partial charge in [-0.15, -0.1) is 0 Å². The summed E-state index contributed by atoms with van der Waals surface area (Å²) in [6, 6.07) is 7.03. The van der Waals surface area contributed by atoms with Crippen LogP contribution in [0.5, 0.6) is 5.75 Å². The molecule has 1 aromatic heterocycles. The van der Waals surface area contributed by atoms with Crippen molar-refractivity contribution in [3.8, 4) is 5.75 Å². The number of carboxylic acids is 1. The number of carbonyl (C=O) groups is 2. The minimum absolute atomic E-state index is 0.0983. The summed E-state index contributed by atoms with van der Waals surface area (Å²) in [5, 5.41) is 9.40. The molecule has 24 heavy (non-hydrogen) atoms. The predicted octanol–water partition coefficient (Wildman–Crippen LogP) is 2.37. The third kappa shape index (κ3) is 4.92. The van der Waals surface area contributed by atoms with E-state index in [1.54, 1.807) is 31.3 Å². The molecule has 1 aromatic carbocycles. The summed E-state index contributed by atoms with van der Waals surface area (Å²) in [6.07, 6.45) is 2.85. The van der Waals surface area contributed by atoms with Crippen LogP contribution in [0.4, 0.5) is 0 Å². The fraction of sp³-hybridized carbons (Fsp3) is 0.250. The van der Waals surface area contributed by atoms with Gasteiger partial charge in [0.05, 0.1) is 19.0 Å². The second-order valence-electron chi connectivity index (χ2n) is 4.97. The van der Waals surface area contributed by atoms with Crippen LogP contribution in [0.25, 0.3) is 0 Å². The maximum atomic E-state index is 12.1. The number of halogens is 1. The van der Waals surface area contributed by atoms with Gasteiger partial charge in [0.15, 0.2) is 5.69 Å². The summed E-state index contributed by atoms with van der Waals surface area (Å²) < 4.78 is 5.55. The SMILES string of the molecule is CN(CCCOc1ccc(Cl)cc1)C(=O)c1cnc(C(=O)O)cn1. The molecule has 1 N–H and O–H groups in total. The molecule has 1 heterocycles. The molecule has 7 nitrogen and oxygen atoms in total. The first-order valence-electron chi connectivity index (χ1n) is 7.16. The van der Waals surface area contributed by atoms with Gasteiger partial charge in [-0.1, -0.05) is 11.6 Å². The van der Waals surface area contributed by atoms with E-state index >= 15 is 0 Å². The van der Waals surface area contributed by atoms with Gasteiger partial charge in [0.1, 0.15) is 11.4 Å². The molecule has 0 unspecified atom stereocenters. The highest BCUT2D eigenvalue weighted by Crippen LogP contribution is 2.15. The first kappa shape index (κ1) is 17.7. The summed E-state index contributed by atoms with van der Waals surface area (Å²) in [5.74, 6) is -0.802. The van der Waals surface area contributed by atoms with Crippen LogP contribution in [0, 0.1) is 0 Å². The number of benzene rings is 1. The zero-order valence-electron chi connectivity index (χ0n) is 13.0. The van der Waals surface area contributed by atoms with E-state index in [-0.39, 0.29) is 17.3 Å². The monoisotopic (exact) mass is 349 g/mol. The molecule has 0 radical (unpaired) electrons. The van der Waals surface area contributed by atoms with Gasteiger partial charge in [0.25, 0.3) is 5.91 Å². The maximum Gasteiger partial charge on any atom is 0.356 e. The van der Waals surface area contributed by atoms with Gasteiger partial charge < -0.3 is 14.7 Å². The van der Waals surface area contributed by atoms with E-state index in [1.807, 2.05) is 0 Å². The van der Waals surface area contributed by atoms with Crippen LogP contribution in [-0.4, -0.2) is 52.1 Å². The second-order valence-corrected chi connectivity index (χ2v) is 5.41. The van der Waals surface area contributed by atoms with Crippen molar-refractivity contribution in [1.29, 1.82) is 0 Å². The lowest BCUT2D eigenvalue weighted by Crippen LogP contribution is -2.29. The largest absolute Gasteiger partial charge is 0.494 e. The van der Waals surface area contributed by atoms with E-state index in [9.17, 15) is 9.59 Å². The molecule has 0 aliphatic rings. The Morgan fingerprint density at radius 3 is 2.38 bits per heavy atom. The fourth-order valence-electron chi connectivity index (χ4n) is 1.87. The first-order valence-corrected chi connectivity index (χ1v) is 7.54. The van der Waals surface area contributed by atoms with Crippen molar-refractivity contribution in [3.05, 3.63) is 53.1 Å². The Morgan fingerprint density at radius 2 is 1.79 bits per heavy atom. The molecule has 2 rings (SSSR count). The fourth-order valence-corrected chi connectivity index (χ4v) is 1.99. The number of hydrogen-bond acceptors (Lipinski definition) is 5. The number of hydrogen-bond donors (Lipinski definition) is 1. The van der Waals surface area contributed by atoms with Crippen LogP contribution in [0.3, 0.4) is 0 Å². The number of carbonyl (C=O) groups excluding carboxylic acids is 1. The average molecular weight is 350 g/mol. The summed E-state index contributed by atoms with van der Waals surface area (Å²) in [4.78, 5) is 31.8. The zero-order chi connectivity index (χ0) is 17.5. The Balaban J connectivity index is 1.79. The van der Waals surface area contributed by atoms with Crippen LogP contribution in [0.1, 0.15) is 27.4 Å². The van der Waals surface area contributed by atoms with Crippen molar-refractivity contribution in [1.82, 2.24) is 14.9 Å². The second kappa shape index (κ2) is 8.26. The molecule has 0 aliphatic carbocycles. The highest BCUT2D eigenvalue weighted by molar-refractivity contribution is 6.30. The van der Waals surface area contributed by atoms with Gasteiger partial charge in [0, 0.05) is 18.6 Å². The van der Waals surface area contributed by atoms with Gasteiger partial charge >= 0.3 is 5.97 Å². The lowest BCUT2D eigenvalue weighted by Gasteiger charge is -2.16. The molecule has 0 spiro atoms. The minimum Gasteiger partial charge on any atom is -0.494 e. The molecular formula is C16H16ClN3O4. The molecule has 126 valence electrons. The van der Waals surface area contributed by atoms with Crippen LogP contribution < -0.4 is 4.74 Å². The molecule has 1 amide bonds. The Morgan fingerprint density at radius 1 is 1.17 bits per heavy atom. The molecule has 0 aliphatic heterocycles. The summed E-state index contributed by atoms with van der Waals surface area (Å²) >= 11 is 5.79. The topological polar surface area (TPSA) is 92.6 Å². The van der Waals surface area contributed by atoms with Crippen LogP contribution >= 0.6 is 11.6 Å². The highest BCUT2D eigenvalue weighted by atomic mass is 35.5. The van der Waals surface area contributed by atoms with Gasteiger partial charge in [0.2, 0.25) is 0 Å². The lowest BCUT2D eigenvalue weighted by molar-refractivity contribution is 0.0687. The zero-order valence-corrected chi connectivity index (χ0v) is 13.7. The predicted molar refractivity (Wildman–Crippen MR) is 87.5 cm³/mol. The smallest absolute Gasteiger partial charge is 0.356 e. The van der Waals surface area contributed by atoms with Crippen LogP contribution in [0.2, 0.25) is 5.02 Å². The first-order chi connectivity index (χ1) is 11.5. The van der Waals surface area contributed by atoms with E-state index in [4.69, 9.17) is 21.4 Å². The van der Waals surface area contributed by atoms with Gasteiger partial charge in [-0.05, 0) is 30.7 Å². The molecular weight excluding hydrogens is 334 g/mol. The Bertz CT molecular complexity index is 704. The van der Waals surface area contributed by atoms with Crippen molar-refractivity contribution >= 4 is 23.5 Å². The van der Waals surface area contributed by atoms with Crippen molar-refractivity contribution in [2.45, 2.75) is 6.42 Å². The lowest BCUT2D eigenvalue weighted by atomic mass is 10.3. The number of carboxylic acid groups (broad SMARTS) is 1. The third-order valence-electron chi connectivity index (χ3n) is 3.16. The Hall–Kier alpha value is -2.67. The van der Waals surface area contributed by atoms with Crippen molar-refractivity contribution in [2.24, 2.45) is 0 Å². The van der Waals surface area contributed by atoms with Gasteiger partial charge in [-0.3, -0.25) is 4.79 Å². The number of aromatic nitrogens is 2. The Kier molecular flexibility index (Phi) is 6.08. The molecule has 0 atom stereocenters. The standard InChI is InChI=1S/C16H16ClN3O4/c1-20(7-2-8-24-12-5-3-11(17)4-6-12)15(21)13-9-19-14(10-18-13)16(22)23/h3-6,9-10H,2,7-8H2,1H3,(H,22,23). The average Bonchev–Trinajstić information content (AvgIpc) is 2.59. The Labute approximate surface area is 143 Å². The summed E-state index contributed by atoms with van der Waals surface area (Å²) in [6.45, 7) is 0.914. The minimum atomic E-state index is -1.19. The van der Waals surface area contributed by atoms with Crippen LogP contribution in [-0.2, 0) is 0 Å². The van der Waals surface area contributed by atoms with E-state index in [1.165, 1.54) is 4.90 Å². The van der Waals surface area contributed by atoms with E-state index in [0.29, 0.717) is 30.3 Å². The number of ether oxygens (including phenoxy) is 1. The van der Waals surface area contributed by atoms with E-state index in [0.717, 1.165) is 12.4 Å². The van der Waals surface area contributed by atoms with E-state index in [2.05, 4.69) is 9.97 Å². The van der Waals surface area contributed by atoms with Crippen molar-refractivity contribution < 1.29 is 19.4 Å². The summed E-state index contributed by atoms with van der Waals surface area (Å²) in [5.41, 5.74) is -0.105. The highest BCUT2D eigenvalue weighted by Gasteiger charge is 2.14. The van der Waals surface area contributed by atoms with Crippen LogP contribution in [0.15, 0.2) is 36.7 Å². The molecule has 0 saturated carbocycles. The van der Waals surface area contributed by atoms with Crippen molar-refractivity contribution in [3.63, 3.8) is 0 Å². The van der Waals surface area contributed by atoms with Gasteiger partial charge in [-0.2, -0.15) is 0 Å².